The van der Waals surface area contributed by atoms with Crippen molar-refractivity contribution in [3.05, 3.63) is 97.6 Å². The van der Waals surface area contributed by atoms with Crippen LogP contribution in [0.25, 0.3) is 16.6 Å². The first-order valence-corrected chi connectivity index (χ1v) is 9.59. The summed E-state index contributed by atoms with van der Waals surface area (Å²) in [5.74, 6) is 1.11. The third-order valence-electron chi connectivity index (χ3n) is 4.73. The fraction of sp³-hybridized carbons (Fsp3) is 0. The minimum atomic E-state index is -0.252. The van der Waals surface area contributed by atoms with Crippen LogP contribution >= 0.6 is 0 Å². The number of carbonyl (C=O) groups is 1. The highest BCUT2D eigenvalue weighted by Gasteiger charge is 2.11. The van der Waals surface area contributed by atoms with Gasteiger partial charge in [0.05, 0.1) is 0 Å². The van der Waals surface area contributed by atoms with Crippen molar-refractivity contribution in [2.24, 2.45) is 0 Å². The molecule has 0 aliphatic carbocycles. The Balaban J connectivity index is 1.30. The quantitative estimate of drug-likeness (QED) is 0.453. The van der Waals surface area contributed by atoms with Gasteiger partial charge in [-0.2, -0.15) is 0 Å². The summed E-state index contributed by atoms with van der Waals surface area (Å²) >= 11 is 0. The number of rotatable bonds is 5. The first-order chi connectivity index (χ1) is 15.3. The molecule has 0 atom stereocenters. The molecule has 3 aromatic heterocycles. The van der Waals surface area contributed by atoms with Gasteiger partial charge in [0.25, 0.3) is 5.91 Å². The zero-order chi connectivity index (χ0) is 21.0. The zero-order valence-corrected chi connectivity index (χ0v) is 16.3. The number of aromatic nitrogens is 5. The highest BCUT2D eigenvalue weighted by Crippen LogP contribution is 2.21. The third-order valence-corrected chi connectivity index (χ3v) is 4.73. The highest BCUT2D eigenvalue weighted by molar-refractivity contribution is 6.11. The van der Waals surface area contributed by atoms with E-state index in [4.69, 9.17) is 0 Å². The molecule has 5 aromatic rings. The van der Waals surface area contributed by atoms with Gasteiger partial charge in [0.2, 0.25) is 0 Å². The molecule has 0 aliphatic rings. The summed E-state index contributed by atoms with van der Waals surface area (Å²) in [6.07, 6.45) is 8.31. The van der Waals surface area contributed by atoms with Gasteiger partial charge in [0.1, 0.15) is 30.0 Å². The molecule has 8 nitrogen and oxygen atoms in total. The van der Waals surface area contributed by atoms with Crippen LogP contribution in [-0.4, -0.2) is 30.4 Å². The van der Waals surface area contributed by atoms with Crippen molar-refractivity contribution in [2.75, 3.05) is 10.6 Å². The summed E-state index contributed by atoms with van der Waals surface area (Å²) in [6.45, 7) is 0. The van der Waals surface area contributed by atoms with E-state index >= 15 is 0 Å². The van der Waals surface area contributed by atoms with Crippen LogP contribution in [0, 0.1) is 0 Å². The molecule has 0 radical (unpaired) electrons. The van der Waals surface area contributed by atoms with Crippen LogP contribution in [0.3, 0.4) is 0 Å². The van der Waals surface area contributed by atoms with Gasteiger partial charge < -0.3 is 10.6 Å². The van der Waals surface area contributed by atoms with Gasteiger partial charge in [0.15, 0.2) is 0 Å². The molecule has 8 heteroatoms. The van der Waals surface area contributed by atoms with Crippen molar-refractivity contribution in [3.8, 4) is 5.82 Å². The van der Waals surface area contributed by atoms with E-state index in [9.17, 15) is 4.79 Å². The van der Waals surface area contributed by atoms with Crippen LogP contribution in [0.15, 0.2) is 91.9 Å². The Hall–Kier alpha value is -4.59. The second-order valence-corrected chi connectivity index (χ2v) is 6.77. The fourth-order valence-corrected chi connectivity index (χ4v) is 3.23. The van der Waals surface area contributed by atoms with Crippen molar-refractivity contribution < 1.29 is 4.79 Å². The van der Waals surface area contributed by atoms with Crippen molar-refractivity contribution in [1.29, 1.82) is 0 Å². The fourth-order valence-electron chi connectivity index (χ4n) is 3.23. The summed E-state index contributed by atoms with van der Waals surface area (Å²) in [5.41, 5.74) is 1.90. The number of pyridine rings is 1. The Morgan fingerprint density at radius 1 is 0.871 bits per heavy atom. The summed E-state index contributed by atoms with van der Waals surface area (Å²) in [7, 11) is 0. The number of benzene rings is 2. The molecule has 5 rings (SSSR count). The Morgan fingerprint density at radius 3 is 2.55 bits per heavy atom. The highest BCUT2D eigenvalue weighted by atomic mass is 16.1. The molecule has 0 fully saturated rings. The Bertz CT molecular complexity index is 1340. The minimum Gasteiger partial charge on any atom is -0.340 e. The van der Waals surface area contributed by atoms with E-state index in [1.165, 1.54) is 6.33 Å². The lowest BCUT2D eigenvalue weighted by molar-refractivity contribution is 0.102. The predicted octanol–water partition coefficient (Wildman–Crippen LogP) is 4.21. The number of hydrogen-bond donors (Lipinski definition) is 2. The van der Waals surface area contributed by atoms with Crippen LogP contribution < -0.4 is 10.6 Å². The maximum Gasteiger partial charge on any atom is 0.274 e. The number of imidazole rings is 1. The van der Waals surface area contributed by atoms with Gasteiger partial charge in [-0.05, 0) is 35.7 Å². The van der Waals surface area contributed by atoms with E-state index in [0.29, 0.717) is 23.0 Å². The molecular weight excluding hydrogens is 390 g/mol. The molecule has 3 heterocycles. The van der Waals surface area contributed by atoms with Crippen molar-refractivity contribution >= 4 is 33.9 Å². The summed E-state index contributed by atoms with van der Waals surface area (Å²) < 4.78 is 1.80. The molecule has 150 valence electrons. The first kappa shape index (κ1) is 18.4. The molecule has 1 amide bonds. The average Bonchev–Trinajstić information content (AvgIpc) is 3.35. The number of hydrogen-bond acceptors (Lipinski definition) is 6. The SMILES string of the molecule is O=C(Nc1ccc(Nc2cc(-n3ccnc3)ncn2)cc1)c1nccc2ccccc12. The van der Waals surface area contributed by atoms with E-state index in [1.54, 1.807) is 23.3 Å². The molecule has 0 aliphatic heterocycles. The normalized spacial score (nSPS) is 10.7. The van der Waals surface area contributed by atoms with E-state index in [1.807, 2.05) is 66.9 Å². The Kier molecular flexibility index (Phi) is 4.78. The molecule has 0 saturated carbocycles. The standard InChI is InChI=1S/C23H17N7O/c31-23(22-19-4-2-1-3-16(19)9-10-25-22)29-18-7-5-17(6-8-18)28-20-13-21(27-14-26-20)30-12-11-24-15-30/h1-15H,(H,29,31)(H,26,27,28). The smallest absolute Gasteiger partial charge is 0.274 e. The molecule has 31 heavy (non-hydrogen) atoms. The molecule has 2 N–H and O–H groups in total. The largest absolute Gasteiger partial charge is 0.340 e. The number of nitrogens with one attached hydrogen (secondary N) is 2. The summed E-state index contributed by atoms with van der Waals surface area (Å²) in [4.78, 5) is 29.5. The van der Waals surface area contributed by atoms with Gasteiger partial charge in [-0.1, -0.05) is 24.3 Å². The molecule has 0 spiro atoms. The number of amides is 1. The van der Waals surface area contributed by atoms with Crippen LogP contribution in [0.4, 0.5) is 17.2 Å². The Morgan fingerprint density at radius 2 is 1.71 bits per heavy atom. The van der Waals surface area contributed by atoms with E-state index in [-0.39, 0.29) is 5.91 Å². The lowest BCUT2D eigenvalue weighted by atomic mass is 10.1. The molecule has 0 bridgehead atoms. The van der Waals surface area contributed by atoms with Gasteiger partial charge in [-0.3, -0.25) is 14.3 Å². The maximum atomic E-state index is 12.7. The van der Waals surface area contributed by atoms with Crippen molar-refractivity contribution in [2.45, 2.75) is 0 Å². The monoisotopic (exact) mass is 407 g/mol. The number of carbonyl (C=O) groups excluding carboxylic acids is 1. The maximum absolute atomic E-state index is 12.7. The molecular formula is C23H17N7O. The van der Waals surface area contributed by atoms with Crippen molar-refractivity contribution in [3.63, 3.8) is 0 Å². The first-order valence-electron chi connectivity index (χ1n) is 9.59. The third kappa shape index (κ3) is 3.95. The lowest BCUT2D eigenvalue weighted by Crippen LogP contribution is -2.14. The van der Waals surface area contributed by atoms with Crippen LogP contribution in [0.5, 0.6) is 0 Å². The van der Waals surface area contributed by atoms with E-state index < -0.39 is 0 Å². The summed E-state index contributed by atoms with van der Waals surface area (Å²) in [5, 5.41) is 7.93. The number of fused-ring (bicyclic) bond motifs is 1. The Labute approximate surface area is 177 Å². The second kappa shape index (κ2) is 8.03. The summed E-state index contributed by atoms with van der Waals surface area (Å²) in [6, 6.07) is 18.8. The van der Waals surface area contributed by atoms with E-state index in [2.05, 4.69) is 30.6 Å². The average molecular weight is 407 g/mol. The minimum absolute atomic E-state index is 0.252. The molecule has 0 unspecified atom stereocenters. The van der Waals surface area contributed by atoms with Crippen LogP contribution in [-0.2, 0) is 0 Å². The topological polar surface area (TPSA) is 97.6 Å². The van der Waals surface area contributed by atoms with Gasteiger partial charge in [-0.15, -0.1) is 0 Å². The zero-order valence-electron chi connectivity index (χ0n) is 16.3. The lowest BCUT2D eigenvalue weighted by Gasteiger charge is -2.10. The predicted molar refractivity (Wildman–Crippen MR) is 119 cm³/mol. The molecule has 2 aromatic carbocycles. The van der Waals surface area contributed by atoms with Gasteiger partial charge >= 0.3 is 0 Å². The molecule has 0 saturated heterocycles. The van der Waals surface area contributed by atoms with Crippen LogP contribution in [0.2, 0.25) is 0 Å². The van der Waals surface area contributed by atoms with Crippen LogP contribution in [0.1, 0.15) is 10.5 Å². The van der Waals surface area contributed by atoms with Gasteiger partial charge in [0, 0.05) is 41.4 Å². The van der Waals surface area contributed by atoms with Gasteiger partial charge in [-0.25, -0.2) is 15.0 Å². The number of anilines is 3. The van der Waals surface area contributed by atoms with Crippen molar-refractivity contribution in [1.82, 2.24) is 24.5 Å². The van der Waals surface area contributed by atoms with E-state index in [0.717, 1.165) is 16.5 Å². The number of nitrogens with zero attached hydrogens (tertiary/aromatic N) is 5. The second-order valence-electron chi connectivity index (χ2n) is 6.77.